The molecule has 0 atom stereocenters. The van der Waals surface area contributed by atoms with Crippen LogP contribution in [-0.4, -0.2) is 15.8 Å². The Morgan fingerprint density at radius 2 is 0.735 bits per heavy atom. The monoisotopic (exact) mass is 888 g/mol. The van der Waals surface area contributed by atoms with Gasteiger partial charge in [-0.2, -0.15) is 0 Å². The smallest absolute Gasteiger partial charge is 0.252 e. The van der Waals surface area contributed by atoms with Crippen molar-refractivity contribution in [2.45, 2.75) is 119 Å². The molecule has 0 fully saturated rings. The molecule has 0 saturated carbocycles. The molecule has 0 spiro atoms. The Kier molecular flexibility index (Phi) is 9.70. The lowest BCUT2D eigenvalue weighted by Gasteiger charge is -2.37. The fourth-order valence-electron chi connectivity index (χ4n) is 11.4. The molecule has 0 unspecified atom stereocenters. The van der Waals surface area contributed by atoms with Gasteiger partial charge in [-0.1, -0.05) is 180 Å². The molecule has 68 heavy (non-hydrogen) atoms. The summed E-state index contributed by atoms with van der Waals surface area (Å²) in [7, 11) is 0. The first-order valence-corrected chi connectivity index (χ1v) is 24.8. The van der Waals surface area contributed by atoms with Gasteiger partial charge in [-0.15, -0.1) is 0 Å². The van der Waals surface area contributed by atoms with Crippen LogP contribution in [0.4, 0.5) is 17.1 Å². The van der Waals surface area contributed by atoms with Gasteiger partial charge in [0, 0.05) is 44.6 Å². The maximum absolute atomic E-state index is 2.67. The Labute approximate surface area is 405 Å². The molecule has 0 bridgehead atoms. The lowest BCUT2D eigenvalue weighted by atomic mass is 9.34. The van der Waals surface area contributed by atoms with E-state index in [1.54, 1.807) is 0 Å². The summed E-state index contributed by atoms with van der Waals surface area (Å²) in [6.07, 6.45) is 0. The summed E-state index contributed by atoms with van der Waals surface area (Å²) < 4.78 is 5.33. The van der Waals surface area contributed by atoms with Crippen molar-refractivity contribution in [3.8, 4) is 33.9 Å². The predicted octanol–water partition coefficient (Wildman–Crippen LogP) is 15.3. The van der Waals surface area contributed by atoms with Gasteiger partial charge in [-0.25, -0.2) is 0 Å². The van der Waals surface area contributed by atoms with Crippen LogP contribution in [-0.2, 0) is 21.7 Å². The highest BCUT2D eigenvalue weighted by Crippen LogP contribution is 2.47. The van der Waals surface area contributed by atoms with Crippen LogP contribution in [0.1, 0.15) is 116 Å². The Hall–Kier alpha value is -6.52. The van der Waals surface area contributed by atoms with Gasteiger partial charge in [-0.05, 0) is 145 Å². The van der Waals surface area contributed by atoms with Crippen LogP contribution in [0.3, 0.4) is 0 Å². The second-order valence-corrected chi connectivity index (χ2v) is 24.0. The number of benzene rings is 7. The quantitative estimate of drug-likeness (QED) is 0.157. The molecule has 340 valence electrons. The van der Waals surface area contributed by atoms with Gasteiger partial charge in [-0.3, -0.25) is 0 Å². The predicted molar refractivity (Wildman–Crippen MR) is 295 cm³/mol. The topological polar surface area (TPSA) is 13.1 Å². The number of aromatic nitrogens is 2. The third-order valence-corrected chi connectivity index (χ3v) is 15.3. The molecule has 2 aliphatic heterocycles. The fourth-order valence-corrected chi connectivity index (χ4v) is 11.4. The number of rotatable bonds is 5. The molecule has 9 aromatic rings. The molecular formula is C64H66BN3. The van der Waals surface area contributed by atoms with E-state index in [9.17, 15) is 0 Å². The Bertz CT molecular complexity index is 3240. The van der Waals surface area contributed by atoms with Gasteiger partial charge in [0.2, 0.25) is 0 Å². The van der Waals surface area contributed by atoms with Crippen molar-refractivity contribution in [1.29, 1.82) is 0 Å². The standard InChI is InChI=1S/C64H66BN3/c1-39-50-33-45(63(9,10)11)35-52-59(50)67(57(39)41-21-17-15-18-22-41)54-37-49(66(47-29-25-43(26-30-47)61(3,4)5)48-31-27-44(28-32-48)62(6,7)8)38-55-56(54)65(52)53-36-46(64(12,13)14)34-51-40(2)58(68(55)60(51)53)42-23-19-16-20-24-42/h15-38H,1-14H3. The Morgan fingerprint density at radius 3 is 1.07 bits per heavy atom. The second-order valence-electron chi connectivity index (χ2n) is 24.0. The van der Waals surface area contributed by atoms with Crippen LogP contribution in [0.25, 0.3) is 55.7 Å². The third kappa shape index (κ3) is 6.76. The first-order valence-electron chi connectivity index (χ1n) is 24.8. The molecule has 0 saturated heterocycles. The molecule has 2 aromatic heterocycles. The number of fused-ring (bicyclic) bond motifs is 4. The summed E-state index contributed by atoms with van der Waals surface area (Å²) in [5, 5.41) is 2.67. The summed E-state index contributed by atoms with van der Waals surface area (Å²) in [6, 6.07) is 56.1. The highest BCUT2D eigenvalue weighted by molar-refractivity contribution is 7.00. The lowest BCUT2D eigenvalue weighted by Crippen LogP contribution is -2.60. The van der Waals surface area contributed by atoms with Gasteiger partial charge < -0.3 is 14.0 Å². The highest BCUT2D eigenvalue weighted by atomic mass is 15.2. The summed E-state index contributed by atoms with van der Waals surface area (Å²) in [6.45, 7) is 32.8. The normalized spacial score (nSPS) is 13.4. The first kappa shape index (κ1) is 44.0. The van der Waals surface area contributed by atoms with Crippen molar-refractivity contribution in [3.05, 3.63) is 179 Å². The van der Waals surface area contributed by atoms with Crippen molar-refractivity contribution in [2.75, 3.05) is 4.90 Å². The van der Waals surface area contributed by atoms with Crippen LogP contribution in [0.5, 0.6) is 0 Å². The van der Waals surface area contributed by atoms with E-state index in [1.807, 2.05) is 0 Å². The summed E-state index contributed by atoms with van der Waals surface area (Å²) in [5.74, 6) is 0. The van der Waals surface area contributed by atoms with Crippen molar-refractivity contribution in [1.82, 2.24) is 9.13 Å². The Morgan fingerprint density at radius 1 is 0.382 bits per heavy atom. The zero-order valence-electron chi connectivity index (χ0n) is 42.8. The largest absolute Gasteiger partial charge is 0.310 e. The van der Waals surface area contributed by atoms with Crippen molar-refractivity contribution in [3.63, 3.8) is 0 Å². The molecule has 3 nitrogen and oxygen atoms in total. The van der Waals surface area contributed by atoms with Crippen LogP contribution < -0.4 is 21.3 Å². The third-order valence-electron chi connectivity index (χ3n) is 15.3. The number of nitrogens with zero attached hydrogens (tertiary/aromatic N) is 3. The highest BCUT2D eigenvalue weighted by Gasteiger charge is 2.44. The van der Waals surface area contributed by atoms with Gasteiger partial charge in [0.1, 0.15) is 0 Å². The number of aryl methyl sites for hydroxylation is 2. The molecule has 4 heteroatoms. The molecule has 0 radical (unpaired) electrons. The molecule has 4 heterocycles. The Balaban J connectivity index is 1.34. The van der Waals surface area contributed by atoms with E-state index < -0.39 is 0 Å². The number of hydrogen-bond donors (Lipinski definition) is 0. The van der Waals surface area contributed by atoms with E-state index in [0.29, 0.717) is 0 Å². The van der Waals surface area contributed by atoms with Gasteiger partial charge >= 0.3 is 0 Å². The van der Waals surface area contributed by atoms with E-state index in [0.717, 1.165) is 17.1 Å². The number of hydrogen-bond acceptors (Lipinski definition) is 1. The number of anilines is 3. The van der Waals surface area contributed by atoms with Crippen LogP contribution >= 0.6 is 0 Å². The minimum atomic E-state index is -0.0563. The van der Waals surface area contributed by atoms with E-state index >= 15 is 0 Å². The molecule has 0 N–H and O–H groups in total. The summed E-state index contributed by atoms with van der Waals surface area (Å²) in [5.41, 5.74) is 25.6. The first-order chi connectivity index (χ1) is 32.1. The minimum absolute atomic E-state index is 0.00471. The average molecular weight is 888 g/mol. The molecule has 7 aromatic carbocycles. The SMILES string of the molecule is Cc1c(-c2ccccc2)n2c3c(cc(C(C)(C)C)cc13)B1c3c-2cc(N(c2ccc(C(C)(C)C)cc2)c2ccc(C(C)(C)C)cc2)cc3-n2c(-c3ccccc3)c(C)c3cc(C(C)(C)C)cc1c32. The van der Waals surface area contributed by atoms with Gasteiger partial charge in [0.25, 0.3) is 6.71 Å². The molecule has 0 amide bonds. The zero-order chi connectivity index (χ0) is 48.0. The maximum Gasteiger partial charge on any atom is 0.252 e. The minimum Gasteiger partial charge on any atom is -0.310 e. The molecular weight excluding hydrogens is 822 g/mol. The average Bonchev–Trinajstić information content (AvgIpc) is 3.76. The van der Waals surface area contributed by atoms with Crippen LogP contribution in [0, 0.1) is 13.8 Å². The molecule has 0 aliphatic carbocycles. The zero-order valence-corrected chi connectivity index (χ0v) is 42.8. The fraction of sp³-hybridized carbons (Fsp3) is 0.281. The van der Waals surface area contributed by atoms with Gasteiger partial charge in [0.15, 0.2) is 0 Å². The van der Waals surface area contributed by atoms with Crippen molar-refractivity contribution in [2.24, 2.45) is 0 Å². The molecule has 11 rings (SSSR count). The van der Waals surface area contributed by atoms with Crippen molar-refractivity contribution >= 4 is 62.0 Å². The lowest BCUT2D eigenvalue weighted by molar-refractivity contribution is 0.590. The van der Waals surface area contributed by atoms with Crippen LogP contribution in [0.15, 0.2) is 146 Å². The second kappa shape index (κ2) is 15.0. The van der Waals surface area contributed by atoms with Crippen molar-refractivity contribution < 1.29 is 0 Å². The molecule has 2 aliphatic rings. The van der Waals surface area contributed by atoms with E-state index in [2.05, 4.69) is 257 Å². The van der Waals surface area contributed by atoms with E-state index in [1.165, 1.54) is 105 Å². The summed E-state index contributed by atoms with van der Waals surface area (Å²) in [4.78, 5) is 2.51. The summed E-state index contributed by atoms with van der Waals surface area (Å²) >= 11 is 0. The van der Waals surface area contributed by atoms with E-state index in [4.69, 9.17) is 0 Å². The van der Waals surface area contributed by atoms with Crippen LogP contribution in [0.2, 0.25) is 0 Å². The maximum atomic E-state index is 2.67. The van der Waals surface area contributed by atoms with Gasteiger partial charge in [0.05, 0.1) is 17.1 Å². The van der Waals surface area contributed by atoms with E-state index in [-0.39, 0.29) is 28.4 Å².